The molecule has 0 bridgehead atoms. The summed E-state index contributed by atoms with van der Waals surface area (Å²) in [5.74, 6) is 2.85. The summed E-state index contributed by atoms with van der Waals surface area (Å²) in [6, 6.07) is 2.31. The predicted octanol–water partition coefficient (Wildman–Crippen LogP) is 1.88. The van der Waals surface area contributed by atoms with E-state index in [1.165, 1.54) is 5.56 Å². The van der Waals surface area contributed by atoms with Crippen molar-refractivity contribution in [2.45, 2.75) is 33.4 Å². The zero-order valence-electron chi connectivity index (χ0n) is 10.7. The van der Waals surface area contributed by atoms with Crippen molar-refractivity contribution in [3.63, 3.8) is 0 Å². The van der Waals surface area contributed by atoms with E-state index in [2.05, 4.69) is 28.5 Å². The van der Waals surface area contributed by atoms with Crippen molar-refractivity contribution in [1.29, 1.82) is 0 Å². The third-order valence-electron chi connectivity index (χ3n) is 2.92. The summed E-state index contributed by atoms with van der Waals surface area (Å²) < 4.78 is 7.43. The average molecular weight is 234 g/mol. The van der Waals surface area contributed by atoms with Gasteiger partial charge in [0, 0.05) is 18.7 Å². The number of hydrogen-bond acceptors (Lipinski definition) is 4. The molecule has 2 heterocycles. The van der Waals surface area contributed by atoms with Gasteiger partial charge in [-0.3, -0.25) is 0 Å². The van der Waals surface area contributed by atoms with E-state index in [1.54, 1.807) is 6.33 Å². The summed E-state index contributed by atoms with van der Waals surface area (Å²) in [6.45, 7) is 6.77. The molecule has 1 N–H and O–H groups in total. The lowest BCUT2D eigenvalue weighted by Gasteiger charge is -2.12. The molecule has 0 amide bonds. The quantitative estimate of drug-likeness (QED) is 0.877. The first-order valence-electron chi connectivity index (χ1n) is 5.71. The van der Waals surface area contributed by atoms with E-state index >= 15 is 0 Å². The number of nitrogens with one attached hydrogen (secondary N) is 1. The molecule has 1 unspecified atom stereocenters. The highest BCUT2D eigenvalue weighted by Crippen LogP contribution is 2.21. The maximum absolute atomic E-state index is 5.52. The monoisotopic (exact) mass is 234 g/mol. The van der Waals surface area contributed by atoms with Gasteiger partial charge in [0.15, 0.2) is 0 Å². The molecular weight excluding hydrogens is 216 g/mol. The minimum Gasteiger partial charge on any atom is -0.466 e. The van der Waals surface area contributed by atoms with Gasteiger partial charge < -0.3 is 14.3 Å². The number of nitrogens with zero attached hydrogens (tertiary/aromatic N) is 3. The van der Waals surface area contributed by atoms with Crippen LogP contribution in [0.5, 0.6) is 0 Å². The molecular formula is C12H18N4O. The first kappa shape index (κ1) is 11.9. The molecule has 0 aromatic carbocycles. The Hall–Kier alpha value is -1.62. The van der Waals surface area contributed by atoms with Crippen LogP contribution in [0.2, 0.25) is 0 Å². The van der Waals surface area contributed by atoms with Crippen molar-refractivity contribution in [3.05, 3.63) is 35.3 Å². The minimum absolute atomic E-state index is 0.240. The molecule has 0 saturated heterocycles. The Bertz CT molecular complexity index is 500. The van der Waals surface area contributed by atoms with Crippen LogP contribution >= 0.6 is 0 Å². The molecule has 0 saturated carbocycles. The van der Waals surface area contributed by atoms with Crippen LogP contribution in [0.1, 0.15) is 35.9 Å². The maximum Gasteiger partial charge on any atom is 0.146 e. The fourth-order valence-corrected chi connectivity index (χ4v) is 1.90. The van der Waals surface area contributed by atoms with Gasteiger partial charge in [0.2, 0.25) is 0 Å². The molecule has 0 aliphatic heterocycles. The van der Waals surface area contributed by atoms with Gasteiger partial charge in [0.1, 0.15) is 23.7 Å². The van der Waals surface area contributed by atoms with Crippen molar-refractivity contribution < 1.29 is 4.42 Å². The van der Waals surface area contributed by atoms with Crippen molar-refractivity contribution in [2.75, 3.05) is 0 Å². The van der Waals surface area contributed by atoms with E-state index in [4.69, 9.17) is 4.42 Å². The summed E-state index contributed by atoms with van der Waals surface area (Å²) in [4.78, 5) is 0. The van der Waals surface area contributed by atoms with Crippen LogP contribution in [0, 0.1) is 13.8 Å². The molecule has 5 heteroatoms. The molecule has 0 aliphatic rings. The molecule has 5 nitrogen and oxygen atoms in total. The molecule has 2 aromatic rings. The lowest BCUT2D eigenvalue weighted by atomic mass is 10.1. The van der Waals surface area contributed by atoms with Crippen LogP contribution in [0.4, 0.5) is 0 Å². The zero-order valence-corrected chi connectivity index (χ0v) is 10.7. The van der Waals surface area contributed by atoms with Gasteiger partial charge in [0.25, 0.3) is 0 Å². The number of aryl methyl sites for hydroxylation is 3. The molecule has 0 fully saturated rings. The fourth-order valence-electron chi connectivity index (χ4n) is 1.90. The summed E-state index contributed by atoms with van der Waals surface area (Å²) in [7, 11) is 1.94. The van der Waals surface area contributed by atoms with E-state index in [9.17, 15) is 0 Å². The van der Waals surface area contributed by atoms with Gasteiger partial charge in [-0.1, -0.05) is 0 Å². The summed E-state index contributed by atoms with van der Waals surface area (Å²) >= 11 is 0. The SMILES string of the molecule is Cc1cc(C(C)NCc2nncn2C)c(C)o1. The van der Waals surface area contributed by atoms with E-state index in [-0.39, 0.29) is 6.04 Å². The molecule has 17 heavy (non-hydrogen) atoms. The average Bonchev–Trinajstić information content (AvgIpc) is 2.81. The van der Waals surface area contributed by atoms with Crippen molar-refractivity contribution in [3.8, 4) is 0 Å². The first-order valence-corrected chi connectivity index (χ1v) is 5.71. The normalized spacial score (nSPS) is 12.9. The van der Waals surface area contributed by atoms with Gasteiger partial charge in [0.05, 0.1) is 6.54 Å². The molecule has 2 rings (SSSR count). The highest BCUT2D eigenvalue weighted by molar-refractivity contribution is 5.23. The first-order chi connectivity index (χ1) is 8.08. The number of furan rings is 1. The van der Waals surface area contributed by atoms with Gasteiger partial charge in [-0.15, -0.1) is 10.2 Å². The lowest BCUT2D eigenvalue weighted by Crippen LogP contribution is -2.20. The highest BCUT2D eigenvalue weighted by atomic mass is 16.3. The Balaban J connectivity index is 2.00. The van der Waals surface area contributed by atoms with E-state index in [1.807, 2.05) is 25.5 Å². The zero-order chi connectivity index (χ0) is 12.4. The second-order valence-corrected chi connectivity index (χ2v) is 4.33. The largest absolute Gasteiger partial charge is 0.466 e. The Labute approximate surface area is 101 Å². The molecule has 0 radical (unpaired) electrons. The second kappa shape index (κ2) is 4.71. The highest BCUT2D eigenvalue weighted by Gasteiger charge is 2.12. The third kappa shape index (κ3) is 2.55. The standard InChI is InChI=1S/C12H18N4O/c1-8-5-11(10(3)17-8)9(2)13-6-12-15-14-7-16(12)4/h5,7,9,13H,6H2,1-4H3. The summed E-state index contributed by atoms with van der Waals surface area (Å²) in [6.07, 6.45) is 1.70. The van der Waals surface area contributed by atoms with Crippen LogP contribution in [0.15, 0.2) is 16.8 Å². The van der Waals surface area contributed by atoms with Gasteiger partial charge >= 0.3 is 0 Å². The summed E-state index contributed by atoms with van der Waals surface area (Å²) in [5, 5.41) is 11.3. The smallest absolute Gasteiger partial charge is 0.146 e. The topological polar surface area (TPSA) is 55.9 Å². The Morgan fingerprint density at radius 2 is 2.24 bits per heavy atom. The van der Waals surface area contributed by atoms with Crippen molar-refractivity contribution >= 4 is 0 Å². The van der Waals surface area contributed by atoms with Gasteiger partial charge in [-0.2, -0.15) is 0 Å². The molecule has 0 aliphatic carbocycles. The van der Waals surface area contributed by atoms with E-state index in [0.29, 0.717) is 6.54 Å². The number of aromatic nitrogens is 3. The van der Waals surface area contributed by atoms with Crippen molar-refractivity contribution in [1.82, 2.24) is 20.1 Å². The Kier molecular flexibility index (Phi) is 3.28. The van der Waals surface area contributed by atoms with Gasteiger partial charge in [-0.05, 0) is 26.8 Å². The van der Waals surface area contributed by atoms with Crippen LogP contribution in [-0.2, 0) is 13.6 Å². The molecule has 2 aromatic heterocycles. The third-order valence-corrected chi connectivity index (χ3v) is 2.92. The summed E-state index contributed by atoms with van der Waals surface area (Å²) in [5.41, 5.74) is 1.20. The second-order valence-electron chi connectivity index (χ2n) is 4.33. The number of hydrogen-bond donors (Lipinski definition) is 1. The van der Waals surface area contributed by atoms with E-state index in [0.717, 1.165) is 17.3 Å². The minimum atomic E-state index is 0.240. The van der Waals surface area contributed by atoms with E-state index < -0.39 is 0 Å². The van der Waals surface area contributed by atoms with Crippen LogP contribution < -0.4 is 5.32 Å². The van der Waals surface area contributed by atoms with Crippen LogP contribution in [-0.4, -0.2) is 14.8 Å². The number of rotatable bonds is 4. The van der Waals surface area contributed by atoms with Gasteiger partial charge in [-0.25, -0.2) is 0 Å². The van der Waals surface area contributed by atoms with Crippen LogP contribution in [0.3, 0.4) is 0 Å². The maximum atomic E-state index is 5.52. The fraction of sp³-hybridized carbons (Fsp3) is 0.500. The van der Waals surface area contributed by atoms with Crippen molar-refractivity contribution in [2.24, 2.45) is 7.05 Å². The molecule has 1 atom stereocenters. The Morgan fingerprint density at radius 3 is 2.76 bits per heavy atom. The predicted molar refractivity (Wildman–Crippen MR) is 64.4 cm³/mol. The molecule has 0 spiro atoms. The Morgan fingerprint density at radius 1 is 1.47 bits per heavy atom. The molecule has 92 valence electrons. The van der Waals surface area contributed by atoms with Crippen LogP contribution in [0.25, 0.3) is 0 Å². The lowest BCUT2D eigenvalue weighted by molar-refractivity contribution is 0.487.